The molecule has 1 aliphatic carbocycles. The fraction of sp³-hybridized carbons (Fsp3) is 0.667. The van der Waals surface area contributed by atoms with Gasteiger partial charge < -0.3 is 4.90 Å². The van der Waals surface area contributed by atoms with Gasteiger partial charge in [0, 0.05) is 29.0 Å². The van der Waals surface area contributed by atoms with Crippen molar-refractivity contribution in [3.8, 4) is 0 Å². The van der Waals surface area contributed by atoms with Gasteiger partial charge in [0.15, 0.2) is 0 Å². The molecule has 6 nitrogen and oxygen atoms in total. The van der Waals surface area contributed by atoms with Crippen LogP contribution in [0.5, 0.6) is 0 Å². The Labute approximate surface area is 153 Å². The number of hydrogen-bond acceptors (Lipinski definition) is 5. The second-order valence-electron chi connectivity index (χ2n) is 6.75. The van der Waals surface area contributed by atoms with Gasteiger partial charge in [0.25, 0.3) is 5.78 Å². The van der Waals surface area contributed by atoms with Gasteiger partial charge in [-0.15, -0.1) is 5.10 Å². The molecule has 0 atom stereocenters. The summed E-state index contributed by atoms with van der Waals surface area (Å²) in [5.74, 6) is 0.823. The van der Waals surface area contributed by atoms with Gasteiger partial charge in [0.2, 0.25) is 11.1 Å². The molecule has 1 saturated carbocycles. The second-order valence-corrected chi connectivity index (χ2v) is 7.52. The molecule has 0 spiro atoms. The molecule has 0 saturated heterocycles. The van der Waals surface area contributed by atoms with Crippen LogP contribution in [0.2, 0.25) is 0 Å². The Morgan fingerprint density at radius 2 is 1.96 bits per heavy atom. The number of rotatable bonds is 7. The van der Waals surface area contributed by atoms with Gasteiger partial charge in [-0.3, -0.25) is 4.79 Å². The van der Waals surface area contributed by atoms with E-state index in [0.29, 0.717) is 29.4 Å². The van der Waals surface area contributed by atoms with Gasteiger partial charge in [-0.1, -0.05) is 25.6 Å². The first-order chi connectivity index (χ1) is 12.0. The molecule has 1 fully saturated rings. The summed E-state index contributed by atoms with van der Waals surface area (Å²) in [7, 11) is 0. The standard InChI is InChI=1S/C18H27N5OS/c1-6-13(7-2)22(14-8-9-14)16(24)10-15-11(3)19-17-20-18(25-5)21-23(17)12(15)4/h13-14H,6-10H2,1-5H3. The van der Waals surface area contributed by atoms with Crippen molar-refractivity contribution in [1.29, 1.82) is 0 Å². The Hall–Kier alpha value is -1.63. The van der Waals surface area contributed by atoms with Gasteiger partial charge in [-0.25, -0.2) is 9.50 Å². The molecule has 136 valence electrons. The molecule has 0 bridgehead atoms. The highest BCUT2D eigenvalue weighted by atomic mass is 32.2. The van der Waals surface area contributed by atoms with E-state index in [9.17, 15) is 4.79 Å². The maximum atomic E-state index is 13.1. The van der Waals surface area contributed by atoms with Crippen LogP contribution in [0.15, 0.2) is 5.16 Å². The maximum Gasteiger partial charge on any atom is 0.253 e. The highest BCUT2D eigenvalue weighted by Gasteiger charge is 2.36. The third-order valence-electron chi connectivity index (χ3n) is 5.10. The number of amides is 1. The first-order valence-corrected chi connectivity index (χ1v) is 10.3. The average Bonchev–Trinajstić information content (AvgIpc) is 3.34. The summed E-state index contributed by atoms with van der Waals surface area (Å²) in [6, 6.07) is 0.774. The van der Waals surface area contributed by atoms with Gasteiger partial charge in [-0.2, -0.15) is 4.98 Å². The summed E-state index contributed by atoms with van der Waals surface area (Å²) in [4.78, 5) is 24.2. The lowest BCUT2D eigenvalue weighted by molar-refractivity contribution is -0.133. The number of fused-ring (bicyclic) bond motifs is 1. The van der Waals surface area contributed by atoms with Crippen molar-refractivity contribution in [2.45, 2.75) is 77.0 Å². The van der Waals surface area contributed by atoms with Crippen LogP contribution in [-0.2, 0) is 11.2 Å². The zero-order valence-electron chi connectivity index (χ0n) is 15.7. The molecule has 0 aliphatic heterocycles. The molecular formula is C18H27N5OS. The van der Waals surface area contributed by atoms with Crippen molar-refractivity contribution in [2.75, 3.05) is 6.26 Å². The van der Waals surface area contributed by atoms with E-state index in [-0.39, 0.29) is 5.91 Å². The van der Waals surface area contributed by atoms with Crippen LogP contribution < -0.4 is 0 Å². The maximum absolute atomic E-state index is 13.1. The summed E-state index contributed by atoms with van der Waals surface area (Å²) in [5, 5.41) is 5.18. The van der Waals surface area contributed by atoms with E-state index in [1.54, 1.807) is 4.52 Å². The molecule has 1 amide bonds. The first-order valence-electron chi connectivity index (χ1n) is 9.08. The van der Waals surface area contributed by atoms with Crippen molar-refractivity contribution in [3.05, 3.63) is 17.0 Å². The zero-order valence-corrected chi connectivity index (χ0v) is 16.6. The van der Waals surface area contributed by atoms with E-state index in [4.69, 9.17) is 0 Å². The second kappa shape index (κ2) is 7.32. The summed E-state index contributed by atoms with van der Waals surface area (Å²) >= 11 is 1.50. The molecule has 0 unspecified atom stereocenters. The van der Waals surface area contributed by atoms with Gasteiger partial charge in [-0.05, 0) is 45.8 Å². The van der Waals surface area contributed by atoms with E-state index in [1.807, 2.05) is 20.1 Å². The van der Waals surface area contributed by atoms with Crippen LogP contribution in [-0.4, -0.2) is 48.7 Å². The van der Waals surface area contributed by atoms with Crippen LogP contribution in [0.1, 0.15) is 56.5 Å². The summed E-state index contributed by atoms with van der Waals surface area (Å²) in [5.41, 5.74) is 2.81. The van der Waals surface area contributed by atoms with Gasteiger partial charge in [0.05, 0.1) is 6.42 Å². The predicted molar refractivity (Wildman–Crippen MR) is 100.0 cm³/mol. The van der Waals surface area contributed by atoms with Crippen LogP contribution in [0.25, 0.3) is 5.78 Å². The molecule has 3 rings (SSSR count). The monoisotopic (exact) mass is 361 g/mol. The molecule has 25 heavy (non-hydrogen) atoms. The normalized spacial score (nSPS) is 14.5. The largest absolute Gasteiger partial charge is 0.336 e. The van der Waals surface area contributed by atoms with Crippen molar-refractivity contribution in [2.24, 2.45) is 0 Å². The van der Waals surface area contributed by atoms with Gasteiger partial charge in [0.1, 0.15) is 0 Å². The lowest BCUT2D eigenvalue weighted by Gasteiger charge is -2.31. The molecule has 7 heteroatoms. The predicted octanol–water partition coefficient (Wildman–Crippen LogP) is 3.19. The molecular weight excluding hydrogens is 334 g/mol. The summed E-state index contributed by atoms with van der Waals surface area (Å²) in [6.07, 6.45) is 6.63. The molecule has 1 aliphatic rings. The highest BCUT2D eigenvalue weighted by Crippen LogP contribution is 2.31. The lowest BCUT2D eigenvalue weighted by Crippen LogP contribution is -2.42. The van der Waals surface area contributed by atoms with E-state index in [1.165, 1.54) is 11.8 Å². The Bertz CT molecular complexity index is 779. The fourth-order valence-electron chi connectivity index (χ4n) is 3.52. The molecule has 0 aromatic carbocycles. The number of nitrogens with zero attached hydrogens (tertiary/aromatic N) is 5. The van der Waals surface area contributed by atoms with Crippen LogP contribution in [0.4, 0.5) is 0 Å². The van der Waals surface area contributed by atoms with Crippen molar-refractivity contribution >= 4 is 23.4 Å². The summed E-state index contributed by atoms with van der Waals surface area (Å²) in [6.45, 7) is 8.30. The minimum absolute atomic E-state index is 0.216. The zero-order chi connectivity index (χ0) is 18.1. The van der Waals surface area contributed by atoms with E-state index < -0.39 is 0 Å². The van der Waals surface area contributed by atoms with Crippen LogP contribution in [0, 0.1) is 13.8 Å². The Kier molecular flexibility index (Phi) is 5.32. The number of aryl methyl sites for hydroxylation is 2. The smallest absolute Gasteiger partial charge is 0.253 e. The Morgan fingerprint density at radius 1 is 1.28 bits per heavy atom. The van der Waals surface area contributed by atoms with Crippen LogP contribution >= 0.6 is 11.8 Å². The minimum Gasteiger partial charge on any atom is -0.336 e. The fourth-order valence-corrected chi connectivity index (χ4v) is 3.85. The number of aromatic nitrogens is 4. The number of carbonyl (C=O) groups excluding carboxylic acids is 1. The van der Waals surface area contributed by atoms with E-state index in [2.05, 4.69) is 33.8 Å². The molecule has 0 N–H and O–H groups in total. The van der Waals surface area contributed by atoms with Crippen LogP contribution in [0.3, 0.4) is 0 Å². The SMILES string of the molecule is CCC(CC)N(C(=O)Cc1c(C)nc2nc(SC)nn2c1C)C1CC1. The highest BCUT2D eigenvalue weighted by molar-refractivity contribution is 7.98. The topological polar surface area (TPSA) is 63.4 Å². The molecule has 2 heterocycles. The summed E-state index contributed by atoms with van der Waals surface area (Å²) < 4.78 is 1.76. The average molecular weight is 362 g/mol. The first kappa shape index (κ1) is 18.2. The van der Waals surface area contributed by atoms with Crippen molar-refractivity contribution in [3.63, 3.8) is 0 Å². The minimum atomic E-state index is 0.216. The van der Waals surface area contributed by atoms with Crippen molar-refractivity contribution in [1.82, 2.24) is 24.5 Å². The van der Waals surface area contributed by atoms with E-state index in [0.717, 1.165) is 42.6 Å². The van der Waals surface area contributed by atoms with Gasteiger partial charge >= 0.3 is 0 Å². The number of hydrogen-bond donors (Lipinski definition) is 0. The third kappa shape index (κ3) is 3.52. The Morgan fingerprint density at radius 3 is 2.52 bits per heavy atom. The van der Waals surface area contributed by atoms with E-state index >= 15 is 0 Å². The lowest BCUT2D eigenvalue weighted by atomic mass is 10.1. The quantitative estimate of drug-likeness (QED) is 0.709. The number of carbonyl (C=O) groups is 1. The molecule has 2 aromatic heterocycles. The van der Waals surface area contributed by atoms with Crippen molar-refractivity contribution < 1.29 is 4.79 Å². The number of thioether (sulfide) groups is 1. The Balaban J connectivity index is 1.92. The molecule has 0 radical (unpaired) electrons. The molecule has 2 aromatic rings. The third-order valence-corrected chi connectivity index (χ3v) is 5.64.